The van der Waals surface area contributed by atoms with E-state index in [0.29, 0.717) is 5.41 Å². The predicted molar refractivity (Wildman–Crippen MR) is 58.0 cm³/mol. The van der Waals surface area contributed by atoms with E-state index in [2.05, 4.69) is 4.90 Å². The smallest absolute Gasteiger partial charge is 0.00966 e. The molecule has 0 amide bonds. The Balaban J connectivity index is 1.63. The van der Waals surface area contributed by atoms with Crippen molar-refractivity contribution in [1.29, 1.82) is 0 Å². The maximum absolute atomic E-state index is 5.78. The second-order valence-electron chi connectivity index (χ2n) is 5.80. The van der Waals surface area contributed by atoms with Crippen molar-refractivity contribution in [2.45, 2.75) is 44.6 Å². The summed E-state index contributed by atoms with van der Waals surface area (Å²) in [6.45, 7) is 3.70. The lowest BCUT2D eigenvalue weighted by molar-refractivity contribution is 0.248. The Labute approximate surface area is 86.8 Å². The van der Waals surface area contributed by atoms with Crippen LogP contribution in [0.5, 0.6) is 0 Å². The zero-order valence-corrected chi connectivity index (χ0v) is 9.04. The molecule has 0 aromatic heterocycles. The lowest BCUT2D eigenvalue weighted by Gasteiger charge is -2.24. The highest BCUT2D eigenvalue weighted by Gasteiger charge is 2.46. The van der Waals surface area contributed by atoms with Gasteiger partial charge in [0.25, 0.3) is 0 Å². The number of nitrogens with two attached hydrogens (primary N) is 1. The van der Waals surface area contributed by atoms with Crippen LogP contribution < -0.4 is 5.73 Å². The Bertz CT molecular complexity index is 224. The van der Waals surface area contributed by atoms with Crippen LogP contribution >= 0.6 is 0 Å². The van der Waals surface area contributed by atoms with E-state index in [-0.39, 0.29) is 0 Å². The van der Waals surface area contributed by atoms with Gasteiger partial charge in [0.1, 0.15) is 0 Å². The van der Waals surface area contributed by atoms with Gasteiger partial charge in [-0.15, -0.1) is 0 Å². The molecule has 2 nitrogen and oxygen atoms in total. The summed E-state index contributed by atoms with van der Waals surface area (Å²) >= 11 is 0. The van der Waals surface area contributed by atoms with Crippen molar-refractivity contribution in [3.63, 3.8) is 0 Å². The van der Waals surface area contributed by atoms with Gasteiger partial charge in [-0.1, -0.05) is 0 Å². The van der Waals surface area contributed by atoms with Crippen molar-refractivity contribution in [3.8, 4) is 0 Å². The zero-order chi connectivity index (χ0) is 9.60. The molecule has 0 bridgehead atoms. The van der Waals surface area contributed by atoms with Crippen LogP contribution in [0.3, 0.4) is 0 Å². The molecule has 2 atom stereocenters. The van der Waals surface area contributed by atoms with E-state index in [1.54, 1.807) is 0 Å². The maximum Gasteiger partial charge on any atom is 0.00966 e. The lowest BCUT2D eigenvalue weighted by Crippen LogP contribution is -2.27. The van der Waals surface area contributed by atoms with Gasteiger partial charge in [-0.25, -0.2) is 0 Å². The van der Waals surface area contributed by atoms with Crippen molar-refractivity contribution in [2.24, 2.45) is 17.1 Å². The summed E-state index contributed by atoms with van der Waals surface area (Å²) in [5, 5.41) is 0. The molecular weight excluding hydrogens is 172 g/mol. The molecule has 2 aliphatic carbocycles. The molecule has 3 rings (SSSR count). The van der Waals surface area contributed by atoms with Crippen LogP contribution in [-0.2, 0) is 0 Å². The molecule has 14 heavy (non-hydrogen) atoms. The van der Waals surface area contributed by atoms with E-state index in [1.165, 1.54) is 51.6 Å². The molecule has 0 aromatic rings. The van der Waals surface area contributed by atoms with Crippen molar-refractivity contribution in [2.75, 3.05) is 19.6 Å². The van der Waals surface area contributed by atoms with E-state index < -0.39 is 0 Å². The monoisotopic (exact) mass is 194 g/mol. The van der Waals surface area contributed by atoms with Gasteiger partial charge in [-0.3, -0.25) is 4.90 Å². The standard InChI is InChI=1S/C12H22N2/c13-8-10-3-4-12(7-10)5-6-14(9-12)11-1-2-11/h10-11H,1-9,13H2/t10-,12-/m0/s1. The fourth-order valence-corrected chi connectivity index (χ4v) is 3.62. The minimum absolute atomic E-state index is 0.701. The number of hydrogen-bond donors (Lipinski definition) is 1. The molecule has 3 aliphatic rings. The highest BCUT2D eigenvalue weighted by atomic mass is 15.2. The molecule has 0 unspecified atom stereocenters. The Hall–Kier alpha value is -0.0800. The highest BCUT2D eigenvalue weighted by Crippen LogP contribution is 2.49. The third kappa shape index (κ3) is 1.49. The molecule has 2 heteroatoms. The summed E-state index contributed by atoms with van der Waals surface area (Å²) in [5.41, 5.74) is 6.48. The molecule has 1 saturated heterocycles. The molecule has 2 N–H and O–H groups in total. The Kier molecular flexibility index (Phi) is 2.10. The van der Waals surface area contributed by atoms with Crippen LogP contribution in [0.4, 0.5) is 0 Å². The summed E-state index contributed by atoms with van der Waals surface area (Å²) in [5.74, 6) is 0.842. The second kappa shape index (κ2) is 3.21. The van der Waals surface area contributed by atoms with Gasteiger partial charge in [-0.2, -0.15) is 0 Å². The summed E-state index contributed by atoms with van der Waals surface area (Å²) in [6.07, 6.45) is 8.67. The molecule has 1 spiro atoms. The molecule has 2 saturated carbocycles. The Morgan fingerprint density at radius 2 is 2.07 bits per heavy atom. The first-order chi connectivity index (χ1) is 6.81. The quantitative estimate of drug-likeness (QED) is 0.723. The SMILES string of the molecule is NC[C@H]1CC[C@]2(CCN(C3CC3)C2)C1. The normalized spacial score (nSPS) is 43.9. The minimum atomic E-state index is 0.701. The molecule has 0 aromatic carbocycles. The van der Waals surface area contributed by atoms with Crippen molar-refractivity contribution in [3.05, 3.63) is 0 Å². The van der Waals surface area contributed by atoms with Crippen LogP contribution in [0.2, 0.25) is 0 Å². The van der Waals surface area contributed by atoms with Crippen LogP contribution in [0.25, 0.3) is 0 Å². The van der Waals surface area contributed by atoms with E-state index in [1.807, 2.05) is 0 Å². The van der Waals surface area contributed by atoms with Gasteiger partial charge < -0.3 is 5.73 Å². The maximum atomic E-state index is 5.78. The lowest BCUT2D eigenvalue weighted by atomic mass is 9.84. The summed E-state index contributed by atoms with van der Waals surface area (Å²) in [7, 11) is 0. The number of likely N-dealkylation sites (tertiary alicyclic amines) is 1. The van der Waals surface area contributed by atoms with Crippen molar-refractivity contribution >= 4 is 0 Å². The van der Waals surface area contributed by atoms with E-state index in [9.17, 15) is 0 Å². The number of nitrogens with zero attached hydrogens (tertiary/aromatic N) is 1. The van der Waals surface area contributed by atoms with Gasteiger partial charge in [-0.05, 0) is 62.9 Å². The van der Waals surface area contributed by atoms with Gasteiger partial charge in [0, 0.05) is 12.6 Å². The minimum Gasteiger partial charge on any atom is -0.330 e. The third-order valence-corrected chi connectivity index (χ3v) is 4.67. The molecule has 0 radical (unpaired) electrons. The van der Waals surface area contributed by atoms with Gasteiger partial charge >= 0.3 is 0 Å². The summed E-state index contributed by atoms with van der Waals surface area (Å²) in [4.78, 5) is 2.75. The zero-order valence-electron chi connectivity index (χ0n) is 9.04. The third-order valence-electron chi connectivity index (χ3n) is 4.67. The molecule has 80 valence electrons. The first kappa shape index (κ1) is 9.17. The first-order valence-corrected chi connectivity index (χ1v) is 6.25. The second-order valence-corrected chi connectivity index (χ2v) is 5.80. The van der Waals surface area contributed by atoms with Crippen molar-refractivity contribution < 1.29 is 0 Å². The first-order valence-electron chi connectivity index (χ1n) is 6.25. The fraction of sp³-hybridized carbons (Fsp3) is 1.00. The molecule has 1 heterocycles. The van der Waals surface area contributed by atoms with Crippen molar-refractivity contribution in [1.82, 2.24) is 4.90 Å². The van der Waals surface area contributed by atoms with E-state index >= 15 is 0 Å². The van der Waals surface area contributed by atoms with Gasteiger partial charge in [0.2, 0.25) is 0 Å². The Morgan fingerprint density at radius 1 is 1.21 bits per heavy atom. The average molecular weight is 194 g/mol. The van der Waals surface area contributed by atoms with Crippen LogP contribution in [-0.4, -0.2) is 30.6 Å². The Morgan fingerprint density at radius 3 is 2.71 bits per heavy atom. The van der Waals surface area contributed by atoms with E-state index in [0.717, 1.165) is 18.5 Å². The predicted octanol–water partition coefficient (Wildman–Crippen LogP) is 1.60. The largest absolute Gasteiger partial charge is 0.330 e. The summed E-state index contributed by atoms with van der Waals surface area (Å²) in [6, 6.07) is 0.978. The van der Waals surface area contributed by atoms with E-state index in [4.69, 9.17) is 5.73 Å². The van der Waals surface area contributed by atoms with Gasteiger partial charge in [0.05, 0.1) is 0 Å². The van der Waals surface area contributed by atoms with Crippen LogP contribution in [0.1, 0.15) is 38.5 Å². The van der Waals surface area contributed by atoms with Gasteiger partial charge in [0.15, 0.2) is 0 Å². The number of hydrogen-bond acceptors (Lipinski definition) is 2. The average Bonchev–Trinajstić information content (AvgIpc) is 2.87. The van der Waals surface area contributed by atoms with Crippen LogP contribution in [0, 0.1) is 11.3 Å². The summed E-state index contributed by atoms with van der Waals surface area (Å²) < 4.78 is 0. The molecular formula is C12H22N2. The highest BCUT2D eigenvalue weighted by molar-refractivity contribution is 5.00. The van der Waals surface area contributed by atoms with Crippen LogP contribution in [0.15, 0.2) is 0 Å². The molecule has 3 fully saturated rings. The molecule has 1 aliphatic heterocycles. The topological polar surface area (TPSA) is 29.3 Å². The number of rotatable bonds is 2. The fourth-order valence-electron chi connectivity index (χ4n) is 3.62.